The highest BCUT2D eigenvalue weighted by Gasteiger charge is 2.39. The number of halogens is 9. The van der Waals surface area contributed by atoms with Gasteiger partial charge in [-0.3, -0.25) is 14.3 Å². The number of rotatable bonds is 7. The molecule has 0 aliphatic carbocycles. The van der Waals surface area contributed by atoms with Crippen LogP contribution in [-0.2, 0) is 6.54 Å². The van der Waals surface area contributed by atoms with E-state index in [0.717, 1.165) is 36.4 Å². The molecule has 1 unspecified atom stereocenters. The van der Waals surface area contributed by atoms with Crippen LogP contribution in [0, 0.1) is 6.92 Å². The number of aliphatic hydroxyl groups excluding tert-OH is 1. The van der Waals surface area contributed by atoms with Gasteiger partial charge in [0.15, 0.2) is 17.6 Å². The summed E-state index contributed by atoms with van der Waals surface area (Å²) in [6.07, 6.45) is -18.3. The van der Waals surface area contributed by atoms with Crippen LogP contribution in [0.5, 0.6) is 23.0 Å². The van der Waals surface area contributed by atoms with Crippen molar-refractivity contribution in [3.8, 4) is 33.4 Å². The fourth-order valence-corrected chi connectivity index (χ4v) is 5.08. The van der Waals surface area contributed by atoms with E-state index in [0.29, 0.717) is 15.9 Å². The predicted octanol–water partition coefficient (Wildman–Crippen LogP) is 6.24. The van der Waals surface area contributed by atoms with Gasteiger partial charge in [-0.15, -0.1) is 37.7 Å². The van der Waals surface area contributed by atoms with Crippen molar-refractivity contribution in [2.75, 3.05) is 0 Å². The number of nitrogens with zero attached hydrogens (tertiary/aromatic N) is 1. The van der Waals surface area contributed by atoms with Crippen molar-refractivity contribution in [1.82, 2.24) is 9.55 Å². The monoisotopic (exact) mass is 630 g/mol. The number of nitrogens with one attached hydrogen (secondary N) is 1. The third kappa shape index (κ3) is 6.99. The first kappa shape index (κ1) is 30.8. The first-order valence-corrected chi connectivity index (χ1v) is 12.1. The number of aliphatic hydroxyl groups is 1. The lowest BCUT2D eigenvalue weighted by atomic mass is 10.1. The maximum Gasteiger partial charge on any atom is 0.573 e. The summed E-state index contributed by atoms with van der Waals surface area (Å²) < 4.78 is 129. The van der Waals surface area contributed by atoms with E-state index in [1.807, 2.05) is 4.98 Å². The van der Waals surface area contributed by atoms with Gasteiger partial charge in [-0.25, -0.2) is 4.79 Å². The van der Waals surface area contributed by atoms with Crippen LogP contribution >= 0.6 is 11.3 Å². The number of fused-ring (bicyclic) bond motifs is 1. The van der Waals surface area contributed by atoms with Crippen molar-refractivity contribution in [3.05, 3.63) is 68.9 Å². The van der Waals surface area contributed by atoms with Gasteiger partial charge in [0.1, 0.15) is 16.3 Å². The molecule has 2 aromatic carbocycles. The van der Waals surface area contributed by atoms with Gasteiger partial charge in [-0.1, -0.05) is 0 Å². The Kier molecular flexibility index (Phi) is 7.98. The smallest absolute Gasteiger partial charge is 0.453 e. The second-order valence-corrected chi connectivity index (χ2v) is 9.49. The molecule has 4 aromatic rings. The number of hydrogen-bond donors (Lipinski definition) is 2. The molecule has 4 rings (SSSR count). The number of H-pyrrole nitrogens is 1. The molecule has 0 spiro atoms. The number of benzene rings is 2. The maximum absolute atomic E-state index is 13.2. The van der Waals surface area contributed by atoms with E-state index in [1.54, 1.807) is 0 Å². The van der Waals surface area contributed by atoms with Crippen LogP contribution in [0.15, 0.2) is 52.1 Å². The molecule has 0 amide bonds. The summed E-state index contributed by atoms with van der Waals surface area (Å²) in [4.78, 5) is 26.5. The summed E-state index contributed by atoms with van der Waals surface area (Å²) >= 11 is 0.608. The lowest BCUT2D eigenvalue weighted by Gasteiger charge is -2.16. The van der Waals surface area contributed by atoms with E-state index in [1.165, 1.54) is 13.0 Å². The molecule has 226 valence electrons. The van der Waals surface area contributed by atoms with Crippen molar-refractivity contribution in [2.24, 2.45) is 0 Å². The highest BCUT2D eigenvalue weighted by atomic mass is 32.1. The average Bonchev–Trinajstić information content (AvgIpc) is 3.19. The third-order valence-corrected chi connectivity index (χ3v) is 6.88. The zero-order valence-corrected chi connectivity index (χ0v) is 21.4. The molecule has 2 heterocycles. The van der Waals surface area contributed by atoms with Crippen molar-refractivity contribution >= 4 is 21.6 Å². The molecule has 42 heavy (non-hydrogen) atoms. The summed E-state index contributed by atoms with van der Waals surface area (Å²) in [5, 5.41) is 9.25. The van der Waals surface area contributed by atoms with Crippen molar-refractivity contribution < 1.29 is 58.8 Å². The number of aromatic nitrogens is 2. The van der Waals surface area contributed by atoms with Crippen molar-refractivity contribution in [2.45, 2.75) is 38.5 Å². The van der Waals surface area contributed by atoms with E-state index in [9.17, 15) is 54.2 Å². The normalized spacial score (nSPS) is 13.3. The molecule has 2 aromatic heterocycles. The van der Waals surface area contributed by atoms with Crippen LogP contribution < -0.4 is 25.5 Å². The number of aryl methyl sites for hydroxylation is 1. The van der Waals surface area contributed by atoms with Crippen LogP contribution in [0.3, 0.4) is 0 Å². The topological polar surface area (TPSA) is 103 Å². The molecule has 0 fully saturated rings. The third-order valence-electron chi connectivity index (χ3n) is 5.52. The van der Waals surface area contributed by atoms with Crippen LogP contribution in [-0.4, -0.2) is 39.7 Å². The molecule has 8 nitrogen and oxygen atoms in total. The number of thiophene rings is 1. The van der Waals surface area contributed by atoms with Gasteiger partial charge in [0.25, 0.3) is 5.56 Å². The van der Waals surface area contributed by atoms with Crippen LogP contribution in [0.4, 0.5) is 39.5 Å². The molecule has 0 radical (unpaired) electrons. The molecule has 0 bridgehead atoms. The Labute approximate surface area is 231 Å². The second kappa shape index (κ2) is 10.9. The minimum atomic E-state index is -5.23. The fraction of sp³-hybridized carbons (Fsp3) is 0.250. The molecular weight excluding hydrogens is 615 g/mol. The SMILES string of the molecule is Cc1c(-c2ccc(Oc3ccc(OC(F)(F)F)cc3)c(OC(F)(F)F)c2)sc2c1c(=O)[nH]c(=O)n2CC(O)C(F)(F)F. The van der Waals surface area contributed by atoms with Gasteiger partial charge in [0.2, 0.25) is 0 Å². The van der Waals surface area contributed by atoms with Crippen molar-refractivity contribution in [1.29, 1.82) is 0 Å². The zero-order valence-electron chi connectivity index (χ0n) is 20.6. The first-order valence-electron chi connectivity index (χ1n) is 11.3. The summed E-state index contributed by atoms with van der Waals surface area (Å²) in [5.41, 5.74) is -2.15. The Bertz CT molecular complexity index is 1720. The zero-order chi connectivity index (χ0) is 31.2. The molecule has 1 atom stereocenters. The van der Waals surface area contributed by atoms with Gasteiger partial charge in [-0.2, -0.15) is 13.2 Å². The Morgan fingerprint density at radius 2 is 1.48 bits per heavy atom. The van der Waals surface area contributed by atoms with Crippen LogP contribution in [0.2, 0.25) is 0 Å². The fourth-order valence-electron chi connectivity index (χ4n) is 3.77. The summed E-state index contributed by atoms with van der Waals surface area (Å²) in [7, 11) is 0. The lowest BCUT2D eigenvalue weighted by Crippen LogP contribution is -2.38. The standard InChI is InChI=1S/C24H15F9N2O6S/c1-10-17-19(37)34-21(38)35(9-16(36)22(25,26)27)20(17)42-18(10)11-2-7-14(15(8-11)41-24(31,32)33)39-12-3-5-13(6-4-12)40-23(28,29)30/h2-8,16,36H,9H2,1H3,(H,34,37,38). The number of alkyl halides is 9. The molecule has 2 N–H and O–H groups in total. The maximum atomic E-state index is 13.2. The highest BCUT2D eigenvalue weighted by molar-refractivity contribution is 7.22. The van der Waals surface area contributed by atoms with Crippen LogP contribution in [0.25, 0.3) is 20.7 Å². The molecule has 0 saturated heterocycles. The van der Waals surface area contributed by atoms with Gasteiger partial charge < -0.3 is 19.3 Å². The largest absolute Gasteiger partial charge is 0.573 e. The lowest BCUT2D eigenvalue weighted by molar-refractivity contribution is -0.275. The van der Waals surface area contributed by atoms with E-state index in [2.05, 4.69) is 9.47 Å². The number of aromatic amines is 1. The van der Waals surface area contributed by atoms with Crippen LogP contribution in [0.1, 0.15) is 5.56 Å². The minimum Gasteiger partial charge on any atom is -0.453 e. The molecular formula is C24H15F9N2O6S. The number of ether oxygens (including phenoxy) is 3. The van der Waals surface area contributed by atoms with Gasteiger partial charge in [0, 0.05) is 4.88 Å². The average molecular weight is 630 g/mol. The highest BCUT2D eigenvalue weighted by Crippen LogP contribution is 2.43. The summed E-state index contributed by atoms with van der Waals surface area (Å²) in [5.74, 6) is -2.25. The quantitative estimate of drug-likeness (QED) is 0.235. The second-order valence-electron chi connectivity index (χ2n) is 8.49. The van der Waals surface area contributed by atoms with E-state index in [4.69, 9.17) is 4.74 Å². The van der Waals surface area contributed by atoms with Gasteiger partial charge >= 0.3 is 24.6 Å². The van der Waals surface area contributed by atoms with Crippen molar-refractivity contribution in [3.63, 3.8) is 0 Å². The molecule has 0 saturated carbocycles. The van der Waals surface area contributed by atoms with E-state index >= 15 is 0 Å². The van der Waals surface area contributed by atoms with E-state index in [-0.39, 0.29) is 32.0 Å². The number of hydrogen-bond acceptors (Lipinski definition) is 7. The Morgan fingerprint density at radius 1 is 0.881 bits per heavy atom. The summed E-state index contributed by atoms with van der Waals surface area (Å²) in [6, 6.07) is 6.78. The minimum absolute atomic E-state index is 0.0241. The van der Waals surface area contributed by atoms with E-state index < -0.39 is 60.0 Å². The molecule has 0 aliphatic heterocycles. The molecule has 0 aliphatic rings. The van der Waals surface area contributed by atoms with Gasteiger partial charge in [0.05, 0.1) is 11.9 Å². The Balaban J connectivity index is 1.77. The predicted molar refractivity (Wildman–Crippen MR) is 129 cm³/mol. The Morgan fingerprint density at radius 3 is 2.05 bits per heavy atom. The summed E-state index contributed by atoms with van der Waals surface area (Å²) in [6.45, 7) is 0.0781. The first-order chi connectivity index (χ1) is 19.3. The van der Waals surface area contributed by atoms with Gasteiger partial charge in [-0.05, 0) is 60.5 Å². The Hall–Kier alpha value is -4.19. The molecule has 18 heteroatoms.